The van der Waals surface area contributed by atoms with Crippen LogP contribution in [-0.4, -0.2) is 18.1 Å². The van der Waals surface area contributed by atoms with Crippen molar-refractivity contribution in [2.75, 3.05) is 17.7 Å². The average molecular weight is 350 g/mol. The topological polar surface area (TPSA) is 70.6 Å². The predicted octanol–water partition coefficient (Wildman–Crippen LogP) is 4.19. The zero-order valence-corrected chi connectivity index (χ0v) is 14.8. The maximum absolute atomic E-state index is 11.4. The molecule has 5 heteroatoms. The highest BCUT2D eigenvalue weighted by atomic mass is 16.5. The summed E-state index contributed by atoms with van der Waals surface area (Å²) in [7, 11) is 1.56. The highest BCUT2D eigenvalue weighted by molar-refractivity contribution is 5.89. The molecular formula is C21H22N2O3. The van der Waals surface area contributed by atoms with Crippen LogP contribution in [0.15, 0.2) is 48.6 Å². The number of ether oxygens (including phenoxy) is 1. The maximum atomic E-state index is 11.4. The summed E-state index contributed by atoms with van der Waals surface area (Å²) in [5, 5.41) is 17.1. The number of phenols is 1. The lowest BCUT2D eigenvalue weighted by molar-refractivity contribution is -0.114. The summed E-state index contributed by atoms with van der Waals surface area (Å²) in [5.74, 6) is 1.14. The fourth-order valence-corrected chi connectivity index (χ4v) is 4.14. The minimum atomic E-state index is -0.0774. The molecular weight excluding hydrogens is 328 g/mol. The molecule has 1 aliphatic heterocycles. The largest absolute Gasteiger partial charge is 0.504 e. The van der Waals surface area contributed by atoms with Crippen molar-refractivity contribution in [2.24, 2.45) is 5.92 Å². The van der Waals surface area contributed by atoms with Crippen LogP contribution in [0.4, 0.5) is 11.4 Å². The normalized spacial score (nSPS) is 22.9. The number of benzene rings is 2. The Morgan fingerprint density at radius 1 is 1.27 bits per heavy atom. The van der Waals surface area contributed by atoms with Crippen LogP contribution in [0, 0.1) is 5.92 Å². The van der Waals surface area contributed by atoms with Crippen LogP contribution in [-0.2, 0) is 4.79 Å². The van der Waals surface area contributed by atoms with Crippen LogP contribution in [0.1, 0.15) is 36.4 Å². The minimum Gasteiger partial charge on any atom is -0.504 e. The number of aromatic hydroxyl groups is 1. The Labute approximate surface area is 152 Å². The Hall–Kier alpha value is -2.95. The van der Waals surface area contributed by atoms with Gasteiger partial charge in [-0.05, 0) is 42.2 Å². The van der Waals surface area contributed by atoms with Crippen LogP contribution in [0.5, 0.6) is 11.5 Å². The first kappa shape index (κ1) is 16.5. The number of allylic oxidation sites excluding steroid dienone is 2. The summed E-state index contributed by atoms with van der Waals surface area (Å²) in [4.78, 5) is 11.4. The Kier molecular flexibility index (Phi) is 4.07. The Balaban J connectivity index is 1.75. The first-order valence-corrected chi connectivity index (χ1v) is 8.79. The van der Waals surface area contributed by atoms with Gasteiger partial charge in [0, 0.05) is 29.8 Å². The molecule has 0 fully saturated rings. The number of phenolic OH excluding ortho intramolecular Hbond substituents is 1. The molecule has 5 nitrogen and oxygen atoms in total. The molecule has 0 saturated heterocycles. The molecule has 0 saturated carbocycles. The quantitative estimate of drug-likeness (QED) is 0.726. The predicted molar refractivity (Wildman–Crippen MR) is 102 cm³/mol. The molecule has 3 atom stereocenters. The fraction of sp³-hybridized carbons (Fsp3) is 0.286. The van der Waals surface area contributed by atoms with Crippen LogP contribution in [0.2, 0.25) is 0 Å². The zero-order valence-electron chi connectivity index (χ0n) is 14.8. The second kappa shape index (κ2) is 6.41. The average Bonchev–Trinajstić information content (AvgIpc) is 3.11. The van der Waals surface area contributed by atoms with Gasteiger partial charge in [0.15, 0.2) is 11.5 Å². The smallest absolute Gasteiger partial charge is 0.221 e. The number of nitrogens with one attached hydrogen (secondary N) is 2. The van der Waals surface area contributed by atoms with Crippen molar-refractivity contribution in [2.45, 2.75) is 25.3 Å². The number of hydrogen-bond acceptors (Lipinski definition) is 4. The van der Waals surface area contributed by atoms with Crippen molar-refractivity contribution in [3.05, 3.63) is 59.7 Å². The third kappa shape index (κ3) is 2.69. The van der Waals surface area contributed by atoms with Crippen LogP contribution in [0.25, 0.3) is 0 Å². The van der Waals surface area contributed by atoms with Crippen LogP contribution >= 0.6 is 0 Å². The van der Waals surface area contributed by atoms with Gasteiger partial charge in [-0.25, -0.2) is 0 Å². The lowest BCUT2D eigenvalue weighted by atomic mass is 9.76. The zero-order chi connectivity index (χ0) is 18.3. The third-order valence-electron chi connectivity index (χ3n) is 5.27. The van der Waals surface area contributed by atoms with Crippen LogP contribution in [0.3, 0.4) is 0 Å². The first-order valence-electron chi connectivity index (χ1n) is 8.79. The van der Waals surface area contributed by atoms with Gasteiger partial charge in [-0.1, -0.05) is 24.3 Å². The molecule has 3 unspecified atom stereocenters. The van der Waals surface area contributed by atoms with Gasteiger partial charge in [-0.2, -0.15) is 0 Å². The monoisotopic (exact) mass is 350 g/mol. The second-order valence-corrected chi connectivity index (χ2v) is 6.86. The van der Waals surface area contributed by atoms with E-state index in [0.29, 0.717) is 11.7 Å². The summed E-state index contributed by atoms with van der Waals surface area (Å²) in [6.45, 7) is 1.51. The van der Waals surface area contributed by atoms with Crippen molar-refractivity contribution in [1.82, 2.24) is 0 Å². The van der Waals surface area contributed by atoms with E-state index in [0.717, 1.165) is 23.4 Å². The molecule has 2 aliphatic rings. The van der Waals surface area contributed by atoms with Gasteiger partial charge in [-0.3, -0.25) is 4.79 Å². The summed E-state index contributed by atoms with van der Waals surface area (Å²) in [6, 6.07) is 11.5. The lowest BCUT2D eigenvalue weighted by Gasteiger charge is -2.38. The van der Waals surface area contributed by atoms with E-state index in [4.69, 9.17) is 4.74 Å². The number of para-hydroxylation sites is 1. The van der Waals surface area contributed by atoms with Crippen molar-refractivity contribution >= 4 is 17.3 Å². The number of anilines is 2. The third-order valence-corrected chi connectivity index (χ3v) is 5.27. The number of carbonyl (C=O) groups excluding carboxylic acids is 1. The van der Waals surface area contributed by atoms with Crippen molar-refractivity contribution in [3.8, 4) is 11.5 Å². The van der Waals surface area contributed by atoms with E-state index in [-0.39, 0.29) is 23.6 Å². The Bertz CT molecular complexity index is 891. The Morgan fingerprint density at radius 2 is 2.12 bits per heavy atom. The molecule has 0 radical (unpaired) electrons. The molecule has 1 aliphatic carbocycles. The molecule has 2 aromatic rings. The van der Waals surface area contributed by atoms with E-state index in [1.54, 1.807) is 13.2 Å². The Morgan fingerprint density at radius 3 is 2.88 bits per heavy atom. The SMILES string of the molecule is COc1cccc(C2Nc3ccc(NC(C)=O)cc3C3C=CCC32)c1O. The lowest BCUT2D eigenvalue weighted by Crippen LogP contribution is -2.29. The summed E-state index contributed by atoms with van der Waals surface area (Å²) in [5.41, 5.74) is 3.85. The first-order chi connectivity index (χ1) is 12.6. The van der Waals surface area contributed by atoms with E-state index in [9.17, 15) is 9.90 Å². The van der Waals surface area contributed by atoms with Crippen molar-refractivity contribution in [3.63, 3.8) is 0 Å². The second-order valence-electron chi connectivity index (χ2n) is 6.86. The number of hydrogen-bond donors (Lipinski definition) is 3. The minimum absolute atomic E-state index is 0.00998. The number of carbonyl (C=O) groups is 1. The summed E-state index contributed by atoms with van der Waals surface area (Å²) < 4.78 is 5.28. The van der Waals surface area contributed by atoms with Gasteiger partial charge >= 0.3 is 0 Å². The van der Waals surface area contributed by atoms with E-state index >= 15 is 0 Å². The number of methoxy groups -OCH3 is 1. The van der Waals surface area contributed by atoms with E-state index < -0.39 is 0 Å². The standard InChI is InChI=1S/C21H22N2O3/c1-12(24)22-13-9-10-18-17(11-13)14-5-3-6-15(14)20(23-18)16-7-4-8-19(26-2)21(16)25/h3-5,7-11,14-15,20,23,25H,6H2,1-2H3,(H,22,24). The molecule has 3 N–H and O–H groups in total. The van der Waals surface area contributed by atoms with E-state index in [1.165, 1.54) is 12.5 Å². The molecule has 0 bridgehead atoms. The number of amides is 1. The van der Waals surface area contributed by atoms with E-state index in [2.05, 4.69) is 22.8 Å². The molecule has 1 amide bonds. The maximum Gasteiger partial charge on any atom is 0.221 e. The number of rotatable bonds is 3. The van der Waals surface area contributed by atoms with Gasteiger partial charge in [0.1, 0.15) is 0 Å². The van der Waals surface area contributed by atoms with Crippen molar-refractivity contribution in [1.29, 1.82) is 0 Å². The van der Waals surface area contributed by atoms with Gasteiger partial charge in [0.2, 0.25) is 5.91 Å². The van der Waals surface area contributed by atoms with Gasteiger partial charge in [0.25, 0.3) is 0 Å². The molecule has 2 aromatic carbocycles. The molecule has 0 aromatic heterocycles. The van der Waals surface area contributed by atoms with Gasteiger partial charge in [0.05, 0.1) is 13.2 Å². The van der Waals surface area contributed by atoms with Gasteiger partial charge in [-0.15, -0.1) is 0 Å². The fourth-order valence-electron chi connectivity index (χ4n) is 4.14. The van der Waals surface area contributed by atoms with Crippen molar-refractivity contribution < 1.29 is 14.6 Å². The molecule has 26 heavy (non-hydrogen) atoms. The molecule has 134 valence electrons. The number of fused-ring (bicyclic) bond motifs is 3. The van der Waals surface area contributed by atoms with Gasteiger partial charge < -0.3 is 20.5 Å². The molecule has 1 heterocycles. The van der Waals surface area contributed by atoms with E-state index in [1.807, 2.05) is 30.3 Å². The summed E-state index contributed by atoms with van der Waals surface area (Å²) in [6.07, 6.45) is 5.36. The highest BCUT2D eigenvalue weighted by Gasteiger charge is 2.39. The highest BCUT2D eigenvalue weighted by Crippen LogP contribution is 2.52. The molecule has 4 rings (SSSR count). The molecule has 0 spiro atoms. The summed E-state index contributed by atoms with van der Waals surface area (Å²) >= 11 is 0. The van der Waals surface area contributed by atoms with Crippen LogP contribution < -0.4 is 15.4 Å².